The topological polar surface area (TPSA) is 212 Å². The highest BCUT2D eigenvalue weighted by atomic mass is 33.1. The van der Waals surface area contributed by atoms with E-state index in [-0.39, 0.29) is 50.1 Å². The molecule has 2 aromatic carbocycles. The lowest BCUT2D eigenvalue weighted by Gasteiger charge is -2.25. The second-order valence-corrected chi connectivity index (χ2v) is 16.6. The van der Waals surface area contributed by atoms with E-state index in [2.05, 4.69) is 16.0 Å². The molecule has 0 fully saturated rings. The van der Waals surface area contributed by atoms with Crippen molar-refractivity contribution in [2.24, 2.45) is 0 Å². The molecule has 346 valence electrons. The lowest BCUT2D eigenvalue weighted by Crippen LogP contribution is -2.52. The number of hydrogen-bond donors (Lipinski definition) is 3. The summed E-state index contributed by atoms with van der Waals surface area (Å²) in [7, 11) is 11.5. The van der Waals surface area contributed by atoms with E-state index >= 15 is 0 Å². The molecule has 0 aromatic heterocycles. The molecule has 4 atom stereocenters. The molecule has 0 heterocycles. The number of alkyl carbamates (subject to hydrolysis) is 2. The molecule has 0 aliphatic rings. The van der Waals surface area contributed by atoms with E-state index in [0.717, 1.165) is 11.1 Å². The summed E-state index contributed by atoms with van der Waals surface area (Å²) in [6.45, 7) is 1.32. The van der Waals surface area contributed by atoms with E-state index in [1.165, 1.54) is 57.0 Å². The van der Waals surface area contributed by atoms with Crippen LogP contribution in [-0.4, -0.2) is 121 Å². The molecule has 3 N–H and O–H groups in total. The highest BCUT2D eigenvalue weighted by Crippen LogP contribution is 2.29. The van der Waals surface area contributed by atoms with Gasteiger partial charge in [0.1, 0.15) is 25.3 Å². The van der Waals surface area contributed by atoms with Crippen LogP contribution in [0.15, 0.2) is 54.6 Å². The number of carbonyl (C=O) groups excluding carboxylic acids is 6. The summed E-state index contributed by atoms with van der Waals surface area (Å²) in [5.74, 6) is -1.11. The van der Waals surface area contributed by atoms with Gasteiger partial charge in [-0.25, -0.2) is 14.4 Å². The van der Waals surface area contributed by atoms with Crippen LogP contribution in [0.25, 0.3) is 0 Å². The van der Waals surface area contributed by atoms with Crippen molar-refractivity contribution in [2.45, 2.75) is 108 Å². The number of Topliss-reactive ketones (excluding diaryl/α,β-unsaturated/α-hetero) is 1. The van der Waals surface area contributed by atoms with Gasteiger partial charge in [0.2, 0.25) is 5.91 Å². The third-order valence-electron chi connectivity index (χ3n) is 9.59. The van der Waals surface area contributed by atoms with Crippen LogP contribution < -0.4 is 16.0 Å². The van der Waals surface area contributed by atoms with Gasteiger partial charge in [-0.2, -0.15) is 0 Å². The Hall–Kier alpha value is -4.40. The summed E-state index contributed by atoms with van der Waals surface area (Å²) in [4.78, 5) is 75.9. The molecule has 0 bridgehead atoms. The van der Waals surface area contributed by atoms with Gasteiger partial charge in [0.15, 0.2) is 18.4 Å². The minimum absolute atomic E-state index is 0.00588. The zero-order chi connectivity index (χ0) is 45.7. The highest BCUT2D eigenvalue weighted by molar-refractivity contribution is 8.76. The van der Waals surface area contributed by atoms with Gasteiger partial charge in [0.05, 0.1) is 20.3 Å². The van der Waals surface area contributed by atoms with Crippen molar-refractivity contribution in [3.63, 3.8) is 0 Å². The number of hydrogen-bond acceptors (Lipinski definition) is 16. The molecule has 0 radical (unpaired) electrons. The minimum atomic E-state index is -1.05. The number of methoxy groups -OCH3 is 6. The van der Waals surface area contributed by atoms with Crippen molar-refractivity contribution in [3.05, 3.63) is 71.3 Å². The van der Waals surface area contributed by atoms with E-state index in [1.807, 2.05) is 42.5 Å². The maximum atomic E-state index is 13.5. The number of ketones is 1. The minimum Gasteiger partial charge on any atom is -0.469 e. The van der Waals surface area contributed by atoms with Crippen LogP contribution in [0.4, 0.5) is 9.59 Å². The summed E-state index contributed by atoms with van der Waals surface area (Å²) < 4.78 is 42.0. The van der Waals surface area contributed by atoms with E-state index in [1.54, 1.807) is 26.4 Å². The average molecular weight is 910 g/mol. The number of rotatable bonds is 31. The van der Waals surface area contributed by atoms with E-state index in [4.69, 9.17) is 37.9 Å². The highest BCUT2D eigenvalue weighted by Gasteiger charge is 2.28. The van der Waals surface area contributed by atoms with Gasteiger partial charge in [-0.05, 0) is 68.6 Å². The molecule has 2 rings (SSSR count). The first-order chi connectivity index (χ1) is 29.9. The molecule has 17 nitrogen and oxygen atoms in total. The van der Waals surface area contributed by atoms with Crippen LogP contribution in [-0.2, 0) is 70.3 Å². The Bertz CT molecular complexity index is 1650. The SMILES string of the molecule is COC(=O)CCCC(c1cccc(COC(=O)N[C@@H](CCSSCC[C@H](NC(=O)OCc2ccccc2)C(=O)N[C@@H](CCCC(OC)OC)C(=O)OC)C(C)=O)c1)C(OC)OC. The van der Waals surface area contributed by atoms with Gasteiger partial charge in [-0.3, -0.25) is 14.4 Å². The summed E-state index contributed by atoms with van der Waals surface area (Å²) in [5.41, 5.74) is 2.36. The van der Waals surface area contributed by atoms with Gasteiger partial charge >= 0.3 is 24.1 Å². The van der Waals surface area contributed by atoms with Gasteiger partial charge in [-0.1, -0.05) is 76.2 Å². The van der Waals surface area contributed by atoms with Crippen LogP contribution in [0.1, 0.15) is 80.9 Å². The molecular formula is C43H63N3O14S2. The number of nitrogens with one attached hydrogen (secondary N) is 3. The molecule has 0 aliphatic heterocycles. The maximum Gasteiger partial charge on any atom is 0.408 e. The molecule has 62 heavy (non-hydrogen) atoms. The first-order valence-electron chi connectivity index (χ1n) is 20.2. The van der Waals surface area contributed by atoms with Gasteiger partial charge in [0, 0.05) is 52.3 Å². The van der Waals surface area contributed by atoms with Crippen molar-refractivity contribution in [2.75, 3.05) is 54.2 Å². The Labute approximate surface area is 372 Å². The number of carbonyl (C=O) groups is 6. The summed E-state index contributed by atoms with van der Waals surface area (Å²) in [6, 6.07) is 13.7. The lowest BCUT2D eigenvalue weighted by atomic mass is 9.91. The van der Waals surface area contributed by atoms with Gasteiger partial charge in [-0.15, -0.1) is 0 Å². The molecular weight excluding hydrogens is 847 g/mol. The summed E-state index contributed by atoms with van der Waals surface area (Å²) in [5, 5.41) is 7.98. The van der Waals surface area contributed by atoms with Crippen molar-refractivity contribution in [1.82, 2.24) is 16.0 Å². The Balaban J connectivity index is 1.95. The first kappa shape index (κ1) is 53.7. The maximum absolute atomic E-state index is 13.5. The number of benzene rings is 2. The zero-order valence-corrected chi connectivity index (χ0v) is 38.3. The summed E-state index contributed by atoms with van der Waals surface area (Å²) in [6.07, 6.45) is 0.485. The Morgan fingerprint density at radius 3 is 1.77 bits per heavy atom. The van der Waals surface area contributed by atoms with Crippen LogP contribution in [0, 0.1) is 0 Å². The fourth-order valence-electron chi connectivity index (χ4n) is 6.19. The number of esters is 2. The largest absolute Gasteiger partial charge is 0.469 e. The first-order valence-corrected chi connectivity index (χ1v) is 22.7. The normalized spacial score (nSPS) is 13.0. The lowest BCUT2D eigenvalue weighted by molar-refractivity contribution is -0.146. The molecule has 0 spiro atoms. The number of amides is 3. The fourth-order valence-corrected chi connectivity index (χ4v) is 8.37. The molecule has 3 amide bonds. The van der Waals surface area contributed by atoms with Crippen molar-refractivity contribution < 1.29 is 66.7 Å². The Kier molecular flexibility index (Phi) is 27.2. The molecule has 1 unspecified atom stereocenters. The molecule has 0 saturated carbocycles. The van der Waals surface area contributed by atoms with Crippen LogP contribution in [0.2, 0.25) is 0 Å². The van der Waals surface area contributed by atoms with E-state index in [9.17, 15) is 28.8 Å². The fraction of sp³-hybridized carbons (Fsp3) is 0.581. The predicted molar refractivity (Wildman–Crippen MR) is 234 cm³/mol. The van der Waals surface area contributed by atoms with Crippen molar-refractivity contribution >= 4 is 57.4 Å². The van der Waals surface area contributed by atoms with Gasteiger partial charge < -0.3 is 53.8 Å². The smallest absolute Gasteiger partial charge is 0.408 e. The predicted octanol–water partition coefficient (Wildman–Crippen LogP) is 5.82. The third-order valence-corrected chi connectivity index (χ3v) is 12.1. The third kappa shape index (κ3) is 21.1. The van der Waals surface area contributed by atoms with Crippen molar-refractivity contribution in [1.29, 1.82) is 0 Å². The quantitative estimate of drug-likeness (QED) is 0.0267. The second-order valence-electron chi connectivity index (χ2n) is 13.9. The van der Waals surface area contributed by atoms with Crippen LogP contribution in [0.3, 0.4) is 0 Å². The molecule has 19 heteroatoms. The summed E-state index contributed by atoms with van der Waals surface area (Å²) >= 11 is 0. The van der Waals surface area contributed by atoms with Crippen LogP contribution >= 0.6 is 21.6 Å². The molecule has 0 saturated heterocycles. The average Bonchev–Trinajstić information content (AvgIpc) is 3.28. The van der Waals surface area contributed by atoms with Crippen molar-refractivity contribution in [3.8, 4) is 0 Å². The van der Waals surface area contributed by atoms with Crippen LogP contribution in [0.5, 0.6) is 0 Å². The Morgan fingerprint density at radius 2 is 1.19 bits per heavy atom. The molecule has 0 aliphatic carbocycles. The zero-order valence-electron chi connectivity index (χ0n) is 36.7. The molecule has 2 aromatic rings. The van der Waals surface area contributed by atoms with E-state index < -0.39 is 54.8 Å². The number of ether oxygens (including phenoxy) is 8. The second kappa shape index (κ2) is 31.4. The monoisotopic (exact) mass is 909 g/mol. The van der Waals surface area contributed by atoms with E-state index in [0.29, 0.717) is 49.2 Å². The Morgan fingerprint density at radius 1 is 0.597 bits per heavy atom. The van der Waals surface area contributed by atoms with Gasteiger partial charge in [0.25, 0.3) is 0 Å². The standard InChI is InChI=1S/C43H63N3O14S2/c1-29(47)34(45-42(51)60-28-31-16-11-17-32(26-31)33(41(57-6)58-7)18-12-20-37(48)53-2)22-24-61-62-25-23-35(46-43(52)59-27-30-14-9-8-10-15-30)39(49)44-36(40(50)56-5)19-13-21-38(54-3)55-4/h8-11,14-17,26,33-36,38,41H,12-13,18-25,27-28H2,1-7H3,(H,44,49)(H,45,51)(H,46,52)/t33?,34-,35-,36-/m0/s1.